The topological polar surface area (TPSA) is 52.8 Å². The third-order valence-electron chi connectivity index (χ3n) is 2.11. The van der Waals surface area contributed by atoms with Crippen molar-refractivity contribution >= 4 is 15.9 Å². The average Bonchev–Trinajstić information content (AvgIpc) is 2.73. The minimum Gasteiger partial charge on any atom is -0.484 e. The highest BCUT2D eigenvalue weighted by Gasteiger charge is 2.01. The van der Waals surface area contributed by atoms with Crippen LogP contribution in [-0.2, 0) is 19.0 Å². The Labute approximate surface area is 102 Å². The van der Waals surface area contributed by atoms with Crippen LogP contribution in [0.4, 0.5) is 0 Å². The molecule has 0 unspecified atom stereocenters. The van der Waals surface area contributed by atoms with Crippen molar-refractivity contribution in [1.82, 2.24) is 19.7 Å². The van der Waals surface area contributed by atoms with Crippen molar-refractivity contribution in [3.05, 3.63) is 36.2 Å². The molecule has 0 bridgehead atoms. The maximum Gasteiger partial charge on any atom is 0.164 e. The number of aryl methyl sites for hydroxylation is 1. The number of hydrogen-bond donors (Lipinski definition) is 0. The van der Waals surface area contributed by atoms with E-state index in [1.807, 2.05) is 19.2 Å². The van der Waals surface area contributed by atoms with Crippen LogP contribution >= 0.6 is 15.9 Å². The number of alkyl halides is 1. The standard InChI is InChI=1S/C10H11BrN4O/c1-15-10(13-7-14-15)6-16-9-3-2-8(4-11)12-5-9/h2-3,5,7H,4,6H2,1H3. The Hall–Kier alpha value is -1.43. The molecular formula is C10H11BrN4O. The predicted octanol–water partition coefficient (Wildman–Crippen LogP) is 1.68. The molecular weight excluding hydrogens is 272 g/mol. The highest BCUT2D eigenvalue weighted by atomic mass is 79.9. The van der Waals surface area contributed by atoms with E-state index in [-0.39, 0.29) is 0 Å². The number of rotatable bonds is 4. The zero-order chi connectivity index (χ0) is 11.4. The minimum absolute atomic E-state index is 0.395. The maximum absolute atomic E-state index is 5.53. The van der Waals surface area contributed by atoms with Crippen LogP contribution in [-0.4, -0.2) is 19.7 Å². The molecule has 84 valence electrons. The van der Waals surface area contributed by atoms with Gasteiger partial charge in [0, 0.05) is 12.4 Å². The van der Waals surface area contributed by atoms with Gasteiger partial charge in [0.15, 0.2) is 5.82 Å². The van der Waals surface area contributed by atoms with Gasteiger partial charge in [0.25, 0.3) is 0 Å². The summed E-state index contributed by atoms with van der Waals surface area (Å²) < 4.78 is 7.21. The second-order valence-electron chi connectivity index (χ2n) is 3.21. The van der Waals surface area contributed by atoms with E-state index < -0.39 is 0 Å². The molecule has 2 aromatic heterocycles. The SMILES string of the molecule is Cn1ncnc1COc1ccc(CBr)nc1. The van der Waals surface area contributed by atoms with E-state index in [1.54, 1.807) is 10.9 Å². The summed E-state index contributed by atoms with van der Waals surface area (Å²) in [5.41, 5.74) is 0.978. The van der Waals surface area contributed by atoms with E-state index in [1.165, 1.54) is 6.33 Å². The predicted molar refractivity (Wildman–Crippen MR) is 62.2 cm³/mol. The van der Waals surface area contributed by atoms with E-state index in [0.29, 0.717) is 6.61 Å². The lowest BCUT2D eigenvalue weighted by Gasteiger charge is -2.05. The molecule has 16 heavy (non-hydrogen) atoms. The number of halogens is 1. The fourth-order valence-corrected chi connectivity index (χ4v) is 1.51. The fourth-order valence-electron chi connectivity index (χ4n) is 1.17. The molecule has 0 aliphatic carbocycles. The van der Waals surface area contributed by atoms with E-state index in [0.717, 1.165) is 22.6 Å². The quantitative estimate of drug-likeness (QED) is 0.801. The zero-order valence-corrected chi connectivity index (χ0v) is 10.4. The molecule has 0 N–H and O–H groups in total. The number of aromatic nitrogens is 4. The van der Waals surface area contributed by atoms with Gasteiger partial charge in [-0.2, -0.15) is 5.10 Å². The average molecular weight is 283 g/mol. The van der Waals surface area contributed by atoms with Crippen molar-refractivity contribution in [2.24, 2.45) is 7.05 Å². The van der Waals surface area contributed by atoms with Crippen LogP contribution in [0.15, 0.2) is 24.7 Å². The first-order valence-electron chi connectivity index (χ1n) is 4.76. The van der Waals surface area contributed by atoms with E-state index in [4.69, 9.17) is 4.74 Å². The fraction of sp³-hybridized carbons (Fsp3) is 0.300. The Morgan fingerprint density at radius 1 is 1.38 bits per heavy atom. The smallest absolute Gasteiger partial charge is 0.164 e. The van der Waals surface area contributed by atoms with Crippen molar-refractivity contribution in [2.45, 2.75) is 11.9 Å². The van der Waals surface area contributed by atoms with Gasteiger partial charge in [0.2, 0.25) is 0 Å². The van der Waals surface area contributed by atoms with E-state index in [2.05, 4.69) is 31.0 Å². The van der Waals surface area contributed by atoms with Crippen LogP contribution < -0.4 is 4.74 Å². The normalized spacial score (nSPS) is 10.4. The first-order valence-corrected chi connectivity index (χ1v) is 5.88. The van der Waals surface area contributed by atoms with E-state index in [9.17, 15) is 0 Å². The summed E-state index contributed by atoms with van der Waals surface area (Å²) >= 11 is 3.34. The molecule has 0 amide bonds. The molecule has 0 atom stereocenters. The first-order chi connectivity index (χ1) is 7.79. The Balaban J connectivity index is 1.97. The molecule has 0 aliphatic heterocycles. The molecule has 5 nitrogen and oxygen atoms in total. The van der Waals surface area contributed by atoms with Gasteiger partial charge < -0.3 is 4.74 Å². The molecule has 2 rings (SSSR count). The molecule has 0 saturated heterocycles. The third-order valence-corrected chi connectivity index (χ3v) is 2.68. The largest absolute Gasteiger partial charge is 0.484 e. The second kappa shape index (κ2) is 5.07. The molecule has 0 fully saturated rings. The van der Waals surface area contributed by atoms with Gasteiger partial charge >= 0.3 is 0 Å². The summed E-state index contributed by atoms with van der Waals surface area (Å²) in [6.45, 7) is 0.395. The molecule has 2 heterocycles. The van der Waals surface area contributed by atoms with Gasteiger partial charge in [-0.15, -0.1) is 0 Å². The molecule has 0 aromatic carbocycles. The monoisotopic (exact) mass is 282 g/mol. The van der Waals surface area contributed by atoms with Crippen molar-refractivity contribution in [1.29, 1.82) is 0 Å². The molecule has 0 saturated carbocycles. The second-order valence-corrected chi connectivity index (χ2v) is 3.77. The molecule has 6 heteroatoms. The summed E-state index contributed by atoms with van der Waals surface area (Å²) in [4.78, 5) is 8.27. The van der Waals surface area contributed by atoms with Crippen LogP contribution in [0.5, 0.6) is 5.75 Å². The first kappa shape index (κ1) is 11.1. The molecule has 0 radical (unpaired) electrons. The lowest BCUT2D eigenvalue weighted by atomic mass is 10.4. The number of nitrogens with zero attached hydrogens (tertiary/aromatic N) is 4. The summed E-state index contributed by atoms with van der Waals surface area (Å²) in [5, 5.41) is 4.71. The van der Waals surface area contributed by atoms with Gasteiger partial charge in [-0.05, 0) is 12.1 Å². The van der Waals surface area contributed by atoms with E-state index >= 15 is 0 Å². The van der Waals surface area contributed by atoms with Gasteiger partial charge in [-0.3, -0.25) is 9.67 Å². The number of ether oxygens (including phenoxy) is 1. The molecule has 2 aromatic rings. The highest BCUT2D eigenvalue weighted by Crippen LogP contribution is 2.12. The van der Waals surface area contributed by atoms with Crippen LogP contribution in [0.1, 0.15) is 11.5 Å². The lowest BCUT2D eigenvalue weighted by molar-refractivity contribution is 0.288. The van der Waals surface area contributed by atoms with Crippen LogP contribution in [0, 0.1) is 0 Å². The highest BCUT2D eigenvalue weighted by molar-refractivity contribution is 9.08. The van der Waals surface area contributed by atoms with Crippen LogP contribution in [0.3, 0.4) is 0 Å². The Kier molecular flexibility index (Phi) is 3.51. The van der Waals surface area contributed by atoms with Crippen molar-refractivity contribution < 1.29 is 4.74 Å². The Morgan fingerprint density at radius 2 is 2.25 bits per heavy atom. The van der Waals surface area contributed by atoms with Crippen molar-refractivity contribution in [3.8, 4) is 5.75 Å². The van der Waals surface area contributed by atoms with Crippen molar-refractivity contribution in [2.75, 3.05) is 0 Å². The third kappa shape index (κ3) is 2.57. The number of hydrogen-bond acceptors (Lipinski definition) is 4. The minimum atomic E-state index is 0.395. The van der Waals surface area contributed by atoms with Gasteiger partial charge in [-0.1, -0.05) is 15.9 Å². The Bertz CT molecular complexity index is 454. The maximum atomic E-state index is 5.53. The van der Waals surface area contributed by atoms with Crippen LogP contribution in [0.2, 0.25) is 0 Å². The Morgan fingerprint density at radius 3 is 2.81 bits per heavy atom. The van der Waals surface area contributed by atoms with Crippen molar-refractivity contribution in [3.63, 3.8) is 0 Å². The van der Waals surface area contributed by atoms with Gasteiger partial charge in [-0.25, -0.2) is 4.98 Å². The molecule has 0 aliphatic rings. The summed E-state index contributed by atoms with van der Waals surface area (Å²) in [5.74, 6) is 1.51. The lowest BCUT2D eigenvalue weighted by Crippen LogP contribution is -2.04. The van der Waals surface area contributed by atoms with Gasteiger partial charge in [0.05, 0.1) is 11.9 Å². The number of pyridine rings is 1. The molecule has 0 spiro atoms. The van der Waals surface area contributed by atoms with Gasteiger partial charge in [0.1, 0.15) is 18.7 Å². The van der Waals surface area contributed by atoms with Crippen LogP contribution in [0.25, 0.3) is 0 Å². The summed E-state index contributed by atoms with van der Waals surface area (Å²) in [7, 11) is 1.83. The summed E-state index contributed by atoms with van der Waals surface area (Å²) in [6, 6.07) is 3.81. The zero-order valence-electron chi connectivity index (χ0n) is 8.80. The summed E-state index contributed by atoms with van der Waals surface area (Å²) in [6.07, 6.45) is 3.21.